The zero-order chi connectivity index (χ0) is 11.5. The lowest BCUT2D eigenvalue weighted by Crippen LogP contribution is -2.15. The lowest BCUT2D eigenvalue weighted by Gasteiger charge is -2.18. The molecular weight excluding hydrogens is 201 g/mol. The monoisotopic (exact) mass is 221 g/mol. The normalized spacial score (nSPS) is 18.9. The van der Waals surface area contributed by atoms with Crippen LogP contribution in [-0.4, -0.2) is 0 Å². The molecule has 0 aliphatic heterocycles. The Labute approximate surface area is 96.9 Å². The SMILES string of the molecule is Cc1ccc(F)cc1C(N)CC1CCCC1. The molecule has 1 aliphatic rings. The summed E-state index contributed by atoms with van der Waals surface area (Å²) < 4.78 is 13.2. The number of halogens is 1. The van der Waals surface area contributed by atoms with E-state index in [1.165, 1.54) is 31.7 Å². The molecule has 16 heavy (non-hydrogen) atoms. The summed E-state index contributed by atoms with van der Waals surface area (Å²) in [5.41, 5.74) is 8.26. The van der Waals surface area contributed by atoms with Gasteiger partial charge in [0.25, 0.3) is 0 Å². The summed E-state index contributed by atoms with van der Waals surface area (Å²) in [6.07, 6.45) is 6.26. The fourth-order valence-corrected chi connectivity index (χ4v) is 2.74. The van der Waals surface area contributed by atoms with E-state index in [0.29, 0.717) is 0 Å². The van der Waals surface area contributed by atoms with Gasteiger partial charge in [0.05, 0.1) is 0 Å². The Bertz CT molecular complexity index is 356. The highest BCUT2D eigenvalue weighted by Gasteiger charge is 2.20. The third-order valence-electron chi connectivity index (χ3n) is 3.70. The van der Waals surface area contributed by atoms with Crippen LogP contribution in [0.5, 0.6) is 0 Å². The Balaban J connectivity index is 2.07. The Morgan fingerprint density at radius 1 is 1.38 bits per heavy atom. The number of rotatable bonds is 3. The Morgan fingerprint density at radius 2 is 2.06 bits per heavy atom. The van der Waals surface area contributed by atoms with Crippen molar-refractivity contribution in [1.29, 1.82) is 0 Å². The van der Waals surface area contributed by atoms with Crippen LogP contribution in [0.3, 0.4) is 0 Å². The molecule has 0 aromatic heterocycles. The molecule has 1 saturated carbocycles. The molecule has 1 aliphatic carbocycles. The first-order chi connectivity index (χ1) is 7.66. The molecule has 2 N–H and O–H groups in total. The first-order valence-electron chi connectivity index (χ1n) is 6.18. The zero-order valence-electron chi connectivity index (χ0n) is 9.88. The van der Waals surface area contributed by atoms with Gasteiger partial charge in [-0.2, -0.15) is 0 Å². The average Bonchev–Trinajstić information content (AvgIpc) is 2.74. The van der Waals surface area contributed by atoms with Crippen molar-refractivity contribution < 1.29 is 4.39 Å². The zero-order valence-corrected chi connectivity index (χ0v) is 9.88. The van der Waals surface area contributed by atoms with E-state index in [9.17, 15) is 4.39 Å². The van der Waals surface area contributed by atoms with Crippen molar-refractivity contribution in [2.24, 2.45) is 11.7 Å². The van der Waals surface area contributed by atoms with E-state index in [1.54, 1.807) is 6.07 Å². The smallest absolute Gasteiger partial charge is 0.123 e. The van der Waals surface area contributed by atoms with Crippen molar-refractivity contribution in [2.45, 2.75) is 45.1 Å². The van der Waals surface area contributed by atoms with Crippen LogP contribution in [0.4, 0.5) is 4.39 Å². The summed E-state index contributed by atoms with van der Waals surface area (Å²) in [4.78, 5) is 0. The Morgan fingerprint density at radius 3 is 2.75 bits per heavy atom. The molecular formula is C14H20FN. The molecule has 1 aromatic carbocycles. The molecule has 1 nitrogen and oxygen atoms in total. The van der Waals surface area contributed by atoms with Crippen LogP contribution < -0.4 is 5.73 Å². The molecule has 1 atom stereocenters. The highest BCUT2D eigenvalue weighted by molar-refractivity contribution is 5.29. The second-order valence-corrected chi connectivity index (χ2v) is 4.99. The molecule has 88 valence electrons. The quantitative estimate of drug-likeness (QED) is 0.827. The van der Waals surface area contributed by atoms with Gasteiger partial charge >= 0.3 is 0 Å². The molecule has 1 unspecified atom stereocenters. The molecule has 0 amide bonds. The molecule has 2 rings (SSSR count). The van der Waals surface area contributed by atoms with Crippen molar-refractivity contribution in [3.05, 3.63) is 35.1 Å². The van der Waals surface area contributed by atoms with Gasteiger partial charge in [0.1, 0.15) is 5.82 Å². The lowest BCUT2D eigenvalue weighted by molar-refractivity contribution is 0.448. The predicted octanol–water partition coefficient (Wildman–Crippen LogP) is 3.71. The first-order valence-corrected chi connectivity index (χ1v) is 6.18. The number of nitrogens with two attached hydrogens (primary N) is 1. The minimum Gasteiger partial charge on any atom is -0.324 e. The molecule has 0 bridgehead atoms. The standard InChI is InChI=1S/C14H20FN/c1-10-6-7-12(15)9-13(10)14(16)8-11-4-2-3-5-11/h6-7,9,11,14H,2-5,8,16H2,1H3. The van der Waals surface area contributed by atoms with Crippen LogP contribution in [0.2, 0.25) is 0 Å². The van der Waals surface area contributed by atoms with E-state index in [1.807, 2.05) is 13.0 Å². The fourth-order valence-electron chi connectivity index (χ4n) is 2.74. The highest BCUT2D eigenvalue weighted by atomic mass is 19.1. The number of hydrogen-bond acceptors (Lipinski definition) is 1. The maximum atomic E-state index is 13.2. The number of hydrogen-bond donors (Lipinski definition) is 1. The van der Waals surface area contributed by atoms with Crippen LogP contribution in [0, 0.1) is 18.7 Å². The van der Waals surface area contributed by atoms with Gasteiger partial charge in [0, 0.05) is 6.04 Å². The summed E-state index contributed by atoms with van der Waals surface area (Å²) in [6, 6.07) is 4.91. The Kier molecular flexibility index (Phi) is 3.59. The van der Waals surface area contributed by atoms with E-state index < -0.39 is 0 Å². The van der Waals surface area contributed by atoms with Gasteiger partial charge in [0.2, 0.25) is 0 Å². The van der Waals surface area contributed by atoms with Gasteiger partial charge in [-0.25, -0.2) is 4.39 Å². The minimum absolute atomic E-state index is 0.00111. The van der Waals surface area contributed by atoms with Crippen molar-refractivity contribution in [3.8, 4) is 0 Å². The van der Waals surface area contributed by atoms with E-state index in [-0.39, 0.29) is 11.9 Å². The summed E-state index contributed by atoms with van der Waals surface area (Å²) >= 11 is 0. The highest BCUT2D eigenvalue weighted by Crippen LogP contribution is 2.32. The van der Waals surface area contributed by atoms with Crippen molar-refractivity contribution >= 4 is 0 Å². The van der Waals surface area contributed by atoms with Crippen molar-refractivity contribution in [1.82, 2.24) is 0 Å². The van der Waals surface area contributed by atoms with Crippen LogP contribution in [0.25, 0.3) is 0 Å². The van der Waals surface area contributed by atoms with E-state index in [4.69, 9.17) is 5.73 Å². The van der Waals surface area contributed by atoms with Gasteiger partial charge in [-0.3, -0.25) is 0 Å². The minimum atomic E-state index is -0.178. The van der Waals surface area contributed by atoms with Crippen LogP contribution in [0.15, 0.2) is 18.2 Å². The molecule has 0 spiro atoms. The van der Waals surface area contributed by atoms with Crippen molar-refractivity contribution in [3.63, 3.8) is 0 Å². The van der Waals surface area contributed by atoms with Gasteiger partial charge in [0.15, 0.2) is 0 Å². The molecule has 0 heterocycles. The first kappa shape index (κ1) is 11.6. The lowest BCUT2D eigenvalue weighted by atomic mass is 9.92. The predicted molar refractivity (Wildman–Crippen MR) is 64.6 cm³/mol. The maximum absolute atomic E-state index is 13.2. The molecule has 2 heteroatoms. The molecule has 1 aromatic rings. The van der Waals surface area contributed by atoms with Gasteiger partial charge in [-0.1, -0.05) is 31.7 Å². The van der Waals surface area contributed by atoms with E-state index in [2.05, 4.69) is 0 Å². The topological polar surface area (TPSA) is 26.0 Å². The third-order valence-corrected chi connectivity index (χ3v) is 3.70. The molecule has 0 saturated heterocycles. The second-order valence-electron chi connectivity index (χ2n) is 4.99. The van der Waals surface area contributed by atoms with Crippen LogP contribution in [-0.2, 0) is 0 Å². The summed E-state index contributed by atoms with van der Waals surface area (Å²) in [7, 11) is 0. The number of aryl methyl sites for hydroxylation is 1. The maximum Gasteiger partial charge on any atom is 0.123 e. The summed E-state index contributed by atoms with van der Waals surface area (Å²) in [6.45, 7) is 2.00. The fraction of sp³-hybridized carbons (Fsp3) is 0.571. The third kappa shape index (κ3) is 2.62. The van der Waals surface area contributed by atoms with Crippen molar-refractivity contribution in [2.75, 3.05) is 0 Å². The molecule has 1 fully saturated rings. The van der Waals surface area contributed by atoms with Crippen LogP contribution >= 0.6 is 0 Å². The van der Waals surface area contributed by atoms with Gasteiger partial charge in [-0.05, 0) is 42.5 Å². The number of benzene rings is 1. The second kappa shape index (κ2) is 4.96. The Hall–Kier alpha value is -0.890. The van der Waals surface area contributed by atoms with Gasteiger partial charge in [-0.15, -0.1) is 0 Å². The largest absolute Gasteiger partial charge is 0.324 e. The average molecular weight is 221 g/mol. The molecule has 0 radical (unpaired) electrons. The van der Waals surface area contributed by atoms with Gasteiger partial charge < -0.3 is 5.73 Å². The van der Waals surface area contributed by atoms with E-state index in [0.717, 1.165) is 23.5 Å². The van der Waals surface area contributed by atoms with E-state index >= 15 is 0 Å². The summed E-state index contributed by atoms with van der Waals surface area (Å²) in [5, 5.41) is 0. The van der Waals surface area contributed by atoms with Crippen LogP contribution in [0.1, 0.15) is 49.3 Å². The summed E-state index contributed by atoms with van der Waals surface area (Å²) in [5.74, 6) is 0.570.